The van der Waals surface area contributed by atoms with Crippen molar-refractivity contribution in [3.63, 3.8) is 0 Å². The van der Waals surface area contributed by atoms with Gasteiger partial charge in [0.25, 0.3) is 0 Å². The molecule has 1 aromatic heterocycles. The van der Waals surface area contributed by atoms with E-state index < -0.39 is 0 Å². The van der Waals surface area contributed by atoms with Gasteiger partial charge < -0.3 is 10.1 Å². The number of hydrogen-bond acceptors (Lipinski definition) is 3. The van der Waals surface area contributed by atoms with Gasteiger partial charge in [0, 0.05) is 18.3 Å². The summed E-state index contributed by atoms with van der Waals surface area (Å²) in [5.74, 6) is 0.819. The normalized spacial score (nSPS) is 12.3. The fraction of sp³-hybridized carbons (Fsp3) is 0.474. The van der Waals surface area contributed by atoms with Crippen molar-refractivity contribution in [1.29, 1.82) is 0 Å². The van der Waals surface area contributed by atoms with Crippen molar-refractivity contribution in [1.82, 2.24) is 15.1 Å². The van der Waals surface area contributed by atoms with E-state index in [9.17, 15) is 4.79 Å². The van der Waals surface area contributed by atoms with Crippen LogP contribution >= 0.6 is 0 Å². The molecule has 2 rings (SSSR count). The Bertz CT molecular complexity index is 719. The summed E-state index contributed by atoms with van der Waals surface area (Å²) in [6, 6.07) is 7.78. The molecule has 0 spiro atoms. The Morgan fingerprint density at radius 1 is 1.29 bits per heavy atom. The van der Waals surface area contributed by atoms with Gasteiger partial charge in [-0.3, -0.25) is 9.48 Å². The first-order valence-corrected chi connectivity index (χ1v) is 8.33. The third kappa shape index (κ3) is 4.37. The standard InChI is InChI=1S/C19H27N3O2/c1-12(2)24-17-9-7-8-16(10-17)13(3)20-19(23)11-18-14(4)21-22(6)15(18)5/h7-10,12-13H,11H2,1-6H3,(H,20,23)/t13-/m0/s1. The van der Waals surface area contributed by atoms with Crippen LogP contribution in [0.2, 0.25) is 0 Å². The van der Waals surface area contributed by atoms with Crippen LogP contribution in [0.15, 0.2) is 24.3 Å². The first-order valence-electron chi connectivity index (χ1n) is 8.33. The van der Waals surface area contributed by atoms with E-state index in [0.717, 1.165) is 28.3 Å². The highest BCUT2D eigenvalue weighted by Gasteiger charge is 2.16. The maximum absolute atomic E-state index is 12.4. The van der Waals surface area contributed by atoms with Crippen LogP contribution in [0, 0.1) is 13.8 Å². The van der Waals surface area contributed by atoms with Gasteiger partial charge in [0.15, 0.2) is 0 Å². The largest absolute Gasteiger partial charge is 0.491 e. The summed E-state index contributed by atoms with van der Waals surface area (Å²) in [6.45, 7) is 9.90. The molecular formula is C19H27N3O2. The second-order valence-electron chi connectivity index (χ2n) is 6.48. The zero-order valence-electron chi connectivity index (χ0n) is 15.4. The molecule has 0 bridgehead atoms. The Balaban J connectivity index is 2.03. The summed E-state index contributed by atoms with van der Waals surface area (Å²) >= 11 is 0. The van der Waals surface area contributed by atoms with Gasteiger partial charge >= 0.3 is 0 Å². The van der Waals surface area contributed by atoms with E-state index in [1.165, 1.54) is 0 Å². The molecule has 0 fully saturated rings. The molecule has 0 aliphatic heterocycles. The highest BCUT2D eigenvalue weighted by atomic mass is 16.5. The van der Waals surface area contributed by atoms with E-state index in [1.807, 2.05) is 70.6 Å². The molecule has 1 N–H and O–H groups in total. The number of benzene rings is 1. The molecule has 1 atom stereocenters. The summed E-state index contributed by atoms with van der Waals surface area (Å²) in [6.07, 6.45) is 0.472. The SMILES string of the molecule is Cc1nn(C)c(C)c1CC(=O)N[C@@H](C)c1cccc(OC(C)C)c1. The quantitative estimate of drug-likeness (QED) is 0.885. The smallest absolute Gasteiger partial charge is 0.225 e. The van der Waals surface area contributed by atoms with Crippen LogP contribution in [0.3, 0.4) is 0 Å². The van der Waals surface area contributed by atoms with Gasteiger partial charge in [-0.05, 0) is 52.3 Å². The Morgan fingerprint density at radius 2 is 2.00 bits per heavy atom. The van der Waals surface area contributed by atoms with Crippen LogP contribution in [0.4, 0.5) is 0 Å². The molecule has 0 saturated heterocycles. The Morgan fingerprint density at radius 3 is 2.58 bits per heavy atom. The maximum atomic E-state index is 12.4. The van der Waals surface area contributed by atoms with Crippen molar-refractivity contribution in [2.45, 2.75) is 53.2 Å². The lowest BCUT2D eigenvalue weighted by atomic mass is 10.1. The molecule has 5 heteroatoms. The lowest BCUT2D eigenvalue weighted by Gasteiger charge is -2.16. The third-order valence-electron chi connectivity index (χ3n) is 4.10. The van der Waals surface area contributed by atoms with Crippen LogP contribution in [0.25, 0.3) is 0 Å². The summed E-state index contributed by atoms with van der Waals surface area (Å²) in [5, 5.41) is 7.42. The van der Waals surface area contributed by atoms with Gasteiger partial charge in [0.05, 0.1) is 24.3 Å². The van der Waals surface area contributed by atoms with Gasteiger partial charge in [-0.25, -0.2) is 0 Å². The fourth-order valence-electron chi connectivity index (χ4n) is 2.74. The summed E-state index contributed by atoms with van der Waals surface area (Å²) < 4.78 is 7.53. The lowest BCUT2D eigenvalue weighted by molar-refractivity contribution is -0.121. The molecule has 1 aromatic carbocycles. The molecule has 130 valence electrons. The first kappa shape index (κ1) is 18.0. The van der Waals surface area contributed by atoms with Crippen LogP contribution in [-0.4, -0.2) is 21.8 Å². The van der Waals surface area contributed by atoms with Crippen molar-refractivity contribution in [3.05, 3.63) is 46.8 Å². The number of carbonyl (C=O) groups excluding carboxylic acids is 1. The highest BCUT2D eigenvalue weighted by molar-refractivity contribution is 5.79. The molecule has 0 aliphatic carbocycles. The predicted octanol–water partition coefficient (Wildman–Crippen LogP) is 3.24. The minimum Gasteiger partial charge on any atom is -0.491 e. The number of ether oxygens (including phenoxy) is 1. The van der Waals surface area contributed by atoms with Gasteiger partial charge in [-0.2, -0.15) is 5.10 Å². The maximum Gasteiger partial charge on any atom is 0.225 e. The molecular weight excluding hydrogens is 302 g/mol. The summed E-state index contributed by atoms with van der Waals surface area (Å²) in [7, 11) is 1.90. The summed E-state index contributed by atoms with van der Waals surface area (Å²) in [5.41, 5.74) is 3.97. The van der Waals surface area contributed by atoms with Crippen LogP contribution < -0.4 is 10.1 Å². The van der Waals surface area contributed by atoms with Gasteiger partial charge in [-0.1, -0.05) is 12.1 Å². The average Bonchev–Trinajstić information content (AvgIpc) is 2.73. The zero-order valence-corrected chi connectivity index (χ0v) is 15.4. The molecule has 24 heavy (non-hydrogen) atoms. The molecule has 0 unspecified atom stereocenters. The molecule has 0 aliphatic rings. The fourth-order valence-corrected chi connectivity index (χ4v) is 2.74. The summed E-state index contributed by atoms with van der Waals surface area (Å²) in [4.78, 5) is 12.4. The van der Waals surface area contributed by atoms with Crippen molar-refractivity contribution in [3.8, 4) is 5.75 Å². The number of aryl methyl sites for hydroxylation is 2. The van der Waals surface area contributed by atoms with E-state index in [4.69, 9.17) is 4.74 Å². The molecule has 0 saturated carbocycles. The number of rotatable bonds is 6. The first-order chi connectivity index (χ1) is 11.3. The monoisotopic (exact) mass is 329 g/mol. The Kier molecular flexibility index (Phi) is 5.65. The minimum absolute atomic E-state index is 0.00289. The van der Waals surface area contributed by atoms with E-state index >= 15 is 0 Å². The van der Waals surface area contributed by atoms with Gasteiger partial charge in [-0.15, -0.1) is 0 Å². The number of aromatic nitrogens is 2. The second-order valence-corrected chi connectivity index (χ2v) is 6.48. The molecule has 0 radical (unpaired) electrons. The van der Waals surface area contributed by atoms with Crippen LogP contribution in [-0.2, 0) is 18.3 Å². The third-order valence-corrected chi connectivity index (χ3v) is 4.10. The van der Waals surface area contributed by atoms with Crippen molar-refractivity contribution < 1.29 is 9.53 Å². The van der Waals surface area contributed by atoms with Gasteiger partial charge in [0.1, 0.15) is 5.75 Å². The topological polar surface area (TPSA) is 56.2 Å². The molecule has 2 aromatic rings. The number of amides is 1. The molecule has 1 heterocycles. The van der Waals surface area contributed by atoms with E-state index in [0.29, 0.717) is 6.42 Å². The Labute approximate surface area is 144 Å². The van der Waals surface area contributed by atoms with Crippen molar-refractivity contribution >= 4 is 5.91 Å². The number of carbonyl (C=O) groups is 1. The predicted molar refractivity (Wildman–Crippen MR) is 95.1 cm³/mol. The molecule has 1 amide bonds. The lowest BCUT2D eigenvalue weighted by Crippen LogP contribution is -2.28. The molecule has 5 nitrogen and oxygen atoms in total. The average molecular weight is 329 g/mol. The van der Waals surface area contributed by atoms with Crippen LogP contribution in [0.1, 0.15) is 49.3 Å². The highest BCUT2D eigenvalue weighted by Crippen LogP contribution is 2.20. The number of nitrogens with zero attached hydrogens (tertiary/aromatic N) is 2. The van der Waals surface area contributed by atoms with Crippen molar-refractivity contribution in [2.24, 2.45) is 7.05 Å². The Hall–Kier alpha value is -2.30. The number of nitrogens with one attached hydrogen (secondary N) is 1. The zero-order chi connectivity index (χ0) is 17.9. The van der Waals surface area contributed by atoms with Gasteiger partial charge in [0.2, 0.25) is 5.91 Å². The second kappa shape index (κ2) is 7.51. The number of hydrogen-bond donors (Lipinski definition) is 1. The van der Waals surface area contributed by atoms with E-state index in [2.05, 4.69) is 10.4 Å². The minimum atomic E-state index is -0.0782. The van der Waals surface area contributed by atoms with E-state index in [1.54, 1.807) is 0 Å². The van der Waals surface area contributed by atoms with Crippen molar-refractivity contribution in [2.75, 3.05) is 0 Å². The van der Waals surface area contributed by atoms with E-state index in [-0.39, 0.29) is 18.1 Å². The van der Waals surface area contributed by atoms with Crippen LogP contribution in [0.5, 0.6) is 5.75 Å².